The highest BCUT2D eigenvalue weighted by Gasteiger charge is 2.14. The molecule has 0 unspecified atom stereocenters. The normalized spacial score (nSPS) is 11.3. The van der Waals surface area contributed by atoms with Gasteiger partial charge in [0.25, 0.3) is 0 Å². The van der Waals surface area contributed by atoms with Crippen LogP contribution < -0.4 is 0 Å². The van der Waals surface area contributed by atoms with Crippen molar-refractivity contribution >= 4 is 21.9 Å². The van der Waals surface area contributed by atoms with Gasteiger partial charge in [-0.25, -0.2) is 0 Å². The molecule has 0 radical (unpaired) electrons. The Morgan fingerprint density at radius 1 is 0.226 bits per heavy atom. The summed E-state index contributed by atoms with van der Waals surface area (Å²) in [4.78, 5) is 0. The number of phenols is 4. The lowest BCUT2D eigenvalue weighted by atomic mass is 9.92. The maximum atomic E-state index is 9.95. The summed E-state index contributed by atoms with van der Waals surface area (Å²) in [7, 11) is 0. The smallest absolute Gasteiger partial charge is 0.135 e. The van der Waals surface area contributed by atoms with Crippen LogP contribution in [0.2, 0.25) is 0 Å². The zero-order chi connectivity index (χ0) is 36.1. The average molecular weight is 689 g/mol. The van der Waals surface area contributed by atoms with Crippen molar-refractivity contribution in [1.82, 2.24) is 0 Å². The minimum Gasteiger partial charge on any atom is -0.508 e. The van der Waals surface area contributed by atoms with Gasteiger partial charge in [0.1, 0.15) is 34.2 Å². The van der Waals surface area contributed by atoms with Crippen LogP contribution in [0.3, 0.4) is 0 Å². The lowest BCUT2D eigenvalue weighted by Crippen LogP contribution is -1.87. The Bertz CT molecular complexity index is 2460. The molecule has 0 aliphatic heterocycles. The monoisotopic (exact) mass is 688 g/mol. The van der Waals surface area contributed by atoms with Gasteiger partial charge in [-0.15, -0.1) is 0 Å². The van der Waals surface area contributed by atoms with Crippen LogP contribution in [-0.4, -0.2) is 20.4 Å². The molecular weight excluding hydrogens is 657 g/mol. The molecule has 0 fully saturated rings. The van der Waals surface area contributed by atoms with Crippen LogP contribution in [0.1, 0.15) is 0 Å². The molecule has 9 rings (SSSR count). The number of phenolic OH excluding ortho intramolecular Hbond substituents is 4. The zero-order valence-electron chi connectivity index (χ0n) is 28.4. The van der Waals surface area contributed by atoms with Crippen LogP contribution in [0, 0.1) is 0 Å². The largest absolute Gasteiger partial charge is 0.508 e. The fourth-order valence-corrected chi connectivity index (χ4v) is 7.01. The van der Waals surface area contributed by atoms with Crippen molar-refractivity contribution in [2.75, 3.05) is 0 Å². The summed E-state index contributed by atoms with van der Waals surface area (Å²) in [5.74, 6) is 0.848. The van der Waals surface area contributed by atoms with Gasteiger partial charge in [-0.05, 0) is 176 Å². The van der Waals surface area contributed by atoms with Crippen molar-refractivity contribution in [3.05, 3.63) is 170 Å². The van der Waals surface area contributed by atoms with Gasteiger partial charge >= 0.3 is 0 Å². The molecule has 0 atom stereocenters. The third kappa shape index (κ3) is 6.21. The van der Waals surface area contributed by atoms with Gasteiger partial charge in [0.15, 0.2) is 0 Å². The molecule has 4 N–H and O–H groups in total. The van der Waals surface area contributed by atoms with E-state index >= 15 is 0 Å². The first kappa shape index (κ1) is 31.7. The minimum atomic E-state index is 0.212. The molecule has 9 aromatic rings. The number of benzene rings is 8. The number of rotatable bonds is 6. The van der Waals surface area contributed by atoms with Gasteiger partial charge in [0, 0.05) is 10.8 Å². The second-order valence-electron chi connectivity index (χ2n) is 13.3. The van der Waals surface area contributed by atoms with Crippen LogP contribution in [0.4, 0.5) is 0 Å². The van der Waals surface area contributed by atoms with Crippen molar-refractivity contribution < 1.29 is 24.8 Å². The second-order valence-corrected chi connectivity index (χ2v) is 13.3. The summed E-state index contributed by atoms with van der Waals surface area (Å²) in [5.41, 5.74) is 13.6. The minimum absolute atomic E-state index is 0.212. The fourth-order valence-electron chi connectivity index (χ4n) is 7.01. The number of furan rings is 1. The van der Waals surface area contributed by atoms with E-state index in [1.54, 1.807) is 48.5 Å². The average Bonchev–Trinajstić information content (AvgIpc) is 3.56. The molecule has 8 aromatic carbocycles. The Hall–Kier alpha value is -7.24. The van der Waals surface area contributed by atoms with E-state index in [2.05, 4.69) is 60.7 Å². The highest BCUT2D eigenvalue weighted by molar-refractivity contribution is 6.08. The van der Waals surface area contributed by atoms with E-state index in [-0.39, 0.29) is 23.0 Å². The standard InChI is InChI=1S/C48H32O5/c49-41-11-1-29(2-12-41)35-21-36(30-3-13-42(50)14-4-30)24-39(23-35)33-9-19-47-45(27-33)46-28-34(10-20-48(46)53-47)40-25-37(31-5-15-43(51)16-6-31)22-38(26-40)32-7-17-44(52)18-8-32/h1-28,49-52H. The molecular formula is C48H32O5. The lowest BCUT2D eigenvalue weighted by molar-refractivity contribution is 0.475. The summed E-state index contributed by atoms with van der Waals surface area (Å²) in [6.07, 6.45) is 0. The molecule has 1 heterocycles. The molecule has 5 nitrogen and oxygen atoms in total. The molecule has 5 heteroatoms. The van der Waals surface area contributed by atoms with Gasteiger partial charge < -0.3 is 24.8 Å². The van der Waals surface area contributed by atoms with E-state index in [1.165, 1.54) is 0 Å². The molecule has 0 bridgehead atoms. The van der Waals surface area contributed by atoms with Gasteiger partial charge in [-0.2, -0.15) is 0 Å². The van der Waals surface area contributed by atoms with Gasteiger partial charge in [-0.1, -0.05) is 60.7 Å². The molecule has 0 saturated heterocycles. The maximum absolute atomic E-state index is 9.95. The predicted molar refractivity (Wildman–Crippen MR) is 213 cm³/mol. The third-order valence-electron chi connectivity index (χ3n) is 9.80. The first-order valence-electron chi connectivity index (χ1n) is 17.3. The Labute approximate surface area is 305 Å². The van der Waals surface area contributed by atoms with E-state index in [0.29, 0.717) is 0 Å². The van der Waals surface area contributed by atoms with E-state index in [0.717, 1.165) is 88.7 Å². The van der Waals surface area contributed by atoms with E-state index < -0.39 is 0 Å². The second kappa shape index (κ2) is 12.8. The van der Waals surface area contributed by atoms with Gasteiger partial charge in [-0.3, -0.25) is 0 Å². The summed E-state index contributed by atoms with van der Waals surface area (Å²) in [5, 5.41) is 41.8. The Morgan fingerprint density at radius 3 is 0.717 bits per heavy atom. The van der Waals surface area contributed by atoms with Crippen molar-refractivity contribution in [2.45, 2.75) is 0 Å². The number of hydrogen-bond donors (Lipinski definition) is 4. The number of aromatic hydroxyl groups is 4. The molecule has 0 aliphatic rings. The fraction of sp³-hybridized carbons (Fsp3) is 0. The third-order valence-corrected chi connectivity index (χ3v) is 9.80. The van der Waals surface area contributed by atoms with Crippen molar-refractivity contribution in [3.8, 4) is 89.8 Å². The zero-order valence-corrected chi connectivity index (χ0v) is 28.4. The maximum Gasteiger partial charge on any atom is 0.135 e. The number of fused-ring (bicyclic) bond motifs is 3. The first-order chi connectivity index (χ1) is 25.8. The summed E-state index contributed by atoms with van der Waals surface area (Å²) in [6, 6.07) is 54.2. The highest BCUT2D eigenvalue weighted by atomic mass is 16.3. The van der Waals surface area contributed by atoms with E-state index in [9.17, 15) is 20.4 Å². The van der Waals surface area contributed by atoms with Gasteiger partial charge in [0.05, 0.1) is 0 Å². The first-order valence-corrected chi connectivity index (χ1v) is 17.3. The Balaban J connectivity index is 1.18. The van der Waals surface area contributed by atoms with E-state index in [4.69, 9.17) is 4.42 Å². The van der Waals surface area contributed by atoms with Crippen LogP contribution in [-0.2, 0) is 0 Å². The summed E-state index contributed by atoms with van der Waals surface area (Å²) in [6.45, 7) is 0. The topological polar surface area (TPSA) is 94.1 Å². The van der Waals surface area contributed by atoms with Crippen LogP contribution in [0.15, 0.2) is 174 Å². The van der Waals surface area contributed by atoms with Crippen LogP contribution >= 0.6 is 0 Å². The Kier molecular flexibility index (Phi) is 7.67. The Morgan fingerprint density at radius 2 is 0.453 bits per heavy atom. The van der Waals surface area contributed by atoms with Gasteiger partial charge in [0.2, 0.25) is 0 Å². The molecule has 0 amide bonds. The van der Waals surface area contributed by atoms with Crippen molar-refractivity contribution in [2.24, 2.45) is 0 Å². The molecule has 0 saturated carbocycles. The lowest BCUT2D eigenvalue weighted by Gasteiger charge is -2.12. The number of hydrogen-bond acceptors (Lipinski definition) is 5. The molecule has 1 aromatic heterocycles. The molecule has 0 aliphatic carbocycles. The summed E-state index contributed by atoms with van der Waals surface area (Å²) < 4.78 is 6.36. The SMILES string of the molecule is Oc1ccc(-c2cc(-c3ccc(O)cc3)cc(-c3ccc4oc5ccc(-c6cc(-c7ccc(O)cc7)cc(-c7ccc(O)cc7)c6)cc5c4c3)c2)cc1. The van der Waals surface area contributed by atoms with Crippen molar-refractivity contribution in [1.29, 1.82) is 0 Å². The predicted octanol–water partition coefficient (Wildman–Crippen LogP) is 12.4. The molecule has 0 spiro atoms. The molecule has 53 heavy (non-hydrogen) atoms. The highest BCUT2D eigenvalue weighted by Crippen LogP contribution is 2.40. The summed E-state index contributed by atoms with van der Waals surface area (Å²) >= 11 is 0. The molecule has 254 valence electrons. The quantitative estimate of drug-likeness (QED) is 0.139. The van der Waals surface area contributed by atoms with Crippen LogP contribution in [0.5, 0.6) is 23.0 Å². The van der Waals surface area contributed by atoms with Crippen LogP contribution in [0.25, 0.3) is 88.7 Å². The van der Waals surface area contributed by atoms with E-state index in [1.807, 2.05) is 60.7 Å². The van der Waals surface area contributed by atoms with Crippen molar-refractivity contribution in [3.63, 3.8) is 0 Å².